The lowest BCUT2D eigenvalue weighted by Crippen LogP contribution is -2.43. The van der Waals surface area contributed by atoms with Crippen molar-refractivity contribution in [2.45, 2.75) is 24.9 Å². The highest BCUT2D eigenvalue weighted by molar-refractivity contribution is 6.31. The van der Waals surface area contributed by atoms with Gasteiger partial charge in [-0.05, 0) is 53.8 Å². The summed E-state index contributed by atoms with van der Waals surface area (Å²) in [7, 11) is 0. The Morgan fingerprint density at radius 3 is 2.30 bits per heavy atom. The molecular weight excluding hydrogens is 403 g/mol. The zero-order chi connectivity index (χ0) is 21.3. The third-order valence-corrected chi connectivity index (χ3v) is 5.81. The molecule has 1 aliphatic carbocycles. The first-order chi connectivity index (χ1) is 14.5. The Balaban J connectivity index is 1.88. The van der Waals surface area contributed by atoms with Crippen molar-refractivity contribution in [1.82, 2.24) is 4.90 Å². The lowest BCUT2D eigenvalue weighted by molar-refractivity contribution is -0.123. The topological polar surface area (TPSA) is 63.4 Å². The maximum atomic E-state index is 14.2. The summed E-state index contributed by atoms with van der Waals surface area (Å²) in [4.78, 5) is 27.7. The third kappa shape index (κ3) is 3.68. The Hall–Kier alpha value is -3.18. The van der Waals surface area contributed by atoms with Crippen LogP contribution in [0.1, 0.15) is 45.6 Å². The van der Waals surface area contributed by atoms with Crippen molar-refractivity contribution in [3.05, 3.63) is 106 Å². The molecular formula is C24H20ClFN2O2. The van der Waals surface area contributed by atoms with Crippen LogP contribution < -0.4 is 5.73 Å². The summed E-state index contributed by atoms with van der Waals surface area (Å²) in [6.45, 7) is 0. The smallest absolute Gasteiger partial charge is 0.255 e. The maximum Gasteiger partial charge on any atom is 0.255 e. The molecule has 6 heteroatoms. The van der Waals surface area contributed by atoms with E-state index in [2.05, 4.69) is 0 Å². The second kappa shape index (κ2) is 8.28. The molecule has 0 radical (unpaired) electrons. The minimum Gasteiger partial charge on any atom is -0.368 e. The maximum absolute atomic E-state index is 14.2. The molecule has 1 aliphatic rings. The molecule has 0 fully saturated rings. The Morgan fingerprint density at radius 1 is 1.03 bits per heavy atom. The Bertz CT molecular complexity index is 1090. The quantitative estimate of drug-likeness (QED) is 0.639. The normalized spacial score (nSPS) is 16.0. The van der Waals surface area contributed by atoms with Crippen molar-refractivity contribution in [2.75, 3.05) is 0 Å². The van der Waals surface area contributed by atoms with E-state index in [1.165, 1.54) is 17.0 Å². The molecule has 0 spiro atoms. The predicted molar refractivity (Wildman–Crippen MR) is 113 cm³/mol. The fourth-order valence-corrected chi connectivity index (χ4v) is 4.48. The summed E-state index contributed by atoms with van der Waals surface area (Å²) >= 11 is 6.27. The van der Waals surface area contributed by atoms with Crippen molar-refractivity contribution in [2.24, 2.45) is 5.73 Å². The van der Waals surface area contributed by atoms with E-state index in [-0.39, 0.29) is 5.91 Å². The highest BCUT2D eigenvalue weighted by atomic mass is 35.5. The van der Waals surface area contributed by atoms with Gasteiger partial charge in [0.25, 0.3) is 5.91 Å². The van der Waals surface area contributed by atoms with Gasteiger partial charge in [-0.1, -0.05) is 60.1 Å². The van der Waals surface area contributed by atoms with Crippen LogP contribution >= 0.6 is 11.6 Å². The monoisotopic (exact) mass is 422 g/mol. The molecule has 0 aliphatic heterocycles. The largest absolute Gasteiger partial charge is 0.368 e. The van der Waals surface area contributed by atoms with Gasteiger partial charge in [-0.3, -0.25) is 9.59 Å². The Labute approximate surface area is 179 Å². The van der Waals surface area contributed by atoms with Gasteiger partial charge in [-0.2, -0.15) is 0 Å². The fourth-order valence-electron chi connectivity index (χ4n) is 4.18. The van der Waals surface area contributed by atoms with Gasteiger partial charge >= 0.3 is 0 Å². The molecule has 0 heterocycles. The number of carbonyl (C=O) groups excluding carboxylic acids is 2. The van der Waals surface area contributed by atoms with Crippen molar-refractivity contribution in [1.29, 1.82) is 0 Å². The van der Waals surface area contributed by atoms with E-state index in [1.54, 1.807) is 48.5 Å². The van der Waals surface area contributed by atoms with Crippen LogP contribution in [-0.4, -0.2) is 16.7 Å². The second-order valence-corrected chi connectivity index (χ2v) is 7.71. The van der Waals surface area contributed by atoms with Crippen LogP contribution in [0.2, 0.25) is 5.02 Å². The second-order valence-electron chi connectivity index (χ2n) is 7.30. The van der Waals surface area contributed by atoms with Crippen molar-refractivity contribution < 1.29 is 14.0 Å². The number of rotatable bonds is 5. The highest BCUT2D eigenvalue weighted by Crippen LogP contribution is 2.43. The standard InChI is InChI=1S/C24H20ClFN2O2/c25-20-14-17(26)13-19-18(20)11-12-21(19)28(24(30)16-9-5-2-6-10-16)22(23(27)29)15-7-3-1-4-8-15/h1-10,13-14,21-22H,11-12H2,(H2,27,29)/t21-,22-/m1/s1. The first-order valence-corrected chi connectivity index (χ1v) is 10.0. The molecule has 30 heavy (non-hydrogen) atoms. The fraction of sp³-hybridized carbons (Fsp3) is 0.167. The molecule has 152 valence electrons. The summed E-state index contributed by atoms with van der Waals surface area (Å²) in [5.74, 6) is -1.48. The van der Waals surface area contributed by atoms with E-state index in [4.69, 9.17) is 17.3 Å². The number of carbonyl (C=O) groups is 2. The van der Waals surface area contributed by atoms with E-state index in [0.29, 0.717) is 34.6 Å². The van der Waals surface area contributed by atoms with Gasteiger partial charge in [0, 0.05) is 10.6 Å². The molecule has 2 atom stereocenters. The number of fused-ring (bicyclic) bond motifs is 1. The molecule has 4 rings (SSSR count). The van der Waals surface area contributed by atoms with Crippen LogP contribution in [0.25, 0.3) is 0 Å². The lowest BCUT2D eigenvalue weighted by atomic mass is 9.98. The van der Waals surface area contributed by atoms with Crippen LogP contribution in [0.15, 0.2) is 72.8 Å². The molecule has 3 aromatic carbocycles. The van der Waals surface area contributed by atoms with Crippen molar-refractivity contribution >= 4 is 23.4 Å². The molecule has 3 aromatic rings. The van der Waals surface area contributed by atoms with Crippen LogP contribution in [0, 0.1) is 5.82 Å². The molecule has 0 saturated carbocycles. The number of nitrogens with zero attached hydrogens (tertiary/aromatic N) is 1. The number of amides is 2. The SMILES string of the molecule is NC(=O)[C@@H](c1ccccc1)N(C(=O)c1ccccc1)[C@@H]1CCc2c(Cl)cc(F)cc21. The van der Waals surface area contributed by atoms with Crippen molar-refractivity contribution in [3.63, 3.8) is 0 Å². The average molecular weight is 423 g/mol. The number of hydrogen-bond donors (Lipinski definition) is 1. The lowest BCUT2D eigenvalue weighted by Gasteiger charge is -2.36. The summed E-state index contributed by atoms with van der Waals surface area (Å²) in [5.41, 5.74) is 8.24. The van der Waals surface area contributed by atoms with E-state index in [0.717, 1.165) is 5.56 Å². The zero-order valence-corrected chi connectivity index (χ0v) is 16.9. The third-order valence-electron chi connectivity index (χ3n) is 5.48. The number of primary amides is 1. The minimum atomic E-state index is -1.00. The zero-order valence-electron chi connectivity index (χ0n) is 16.1. The van der Waals surface area contributed by atoms with E-state index in [1.807, 2.05) is 12.1 Å². The van der Waals surface area contributed by atoms with Crippen LogP contribution in [0.3, 0.4) is 0 Å². The Morgan fingerprint density at radius 2 is 1.67 bits per heavy atom. The number of benzene rings is 3. The summed E-state index contributed by atoms with van der Waals surface area (Å²) in [6, 6.07) is 18.8. The van der Waals surface area contributed by atoms with E-state index < -0.39 is 23.8 Å². The van der Waals surface area contributed by atoms with Gasteiger partial charge in [0.2, 0.25) is 5.91 Å². The molecule has 0 bridgehead atoms. The van der Waals surface area contributed by atoms with Gasteiger partial charge < -0.3 is 10.6 Å². The molecule has 2 amide bonds. The number of hydrogen-bond acceptors (Lipinski definition) is 2. The first kappa shape index (κ1) is 20.1. The summed E-state index contributed by atoms with van der Waals surface area (Å²) < 4.78 is 14.2. The van der Waals surface area contributed by atoms with Gasteiger partial charge in [0.15, 0.2) is 0 Å². The highest BCUT2D eigenvalue weighted by Gasteiger charge is 2.40. The summed E-state index contributed by atoms with van der Waals surface area (Å²) in [5, 5.41) is 0.329. The molecule has 4 nitrogen and oxygen atoms in total. The van der Waals surface area contributed by atoms with Gasteiger partial charge in [0.1, 0.15) is 11.9 Å². The first-order valence-electron chi connectivity index (χ1n) is 9.67. The van der Waals surface area contributed by atoms with E-state index >= 15 is 0 Å². The molecule has 0 unspecified atom stereocenters. The average Bonchev–Trinajstić information content (AvgIpc) is 3.16. The van der Waals surface area contributed by atoms with Crippen LogP contribution in [0.5, 0.6) is 0 Å². The van der Waals surface area contributed by atoms with Gasteiger partial charge in [-0.15, -0.1) is 0 Å². The van der Waals surface area contributed by atoms with Crippen LogP contribution in [0.4, 0.5) is 4.39 Å². The molecule has 0 saturated heterocycles. The predicted octanol–water partition coefficient (Wildman–Crippen LogP) is 4.84. The van der Waals surface area contributed by atoms with Gasteiger partial charge in [0.05, 0.1) is 6.04 Å². The van der Waals surface area contributed by atoms with Crippen LogP contribution in [-0.2, 0) is 11.2 Å². The molecule has 0 aromatic heterocycles. The number of nitrogens with two attached hydrogens (primary N) is 1. The van der Waals surface area contributed by atoms with Gasteiger partial charge in [-0.25, -0.2) is 4.39 Å². The minimum absolute atomic E-state index is 0.329. The van der Waals surface area contributed by atoms with E-state index in [9.17, 15) is 14.0 Å². The van der Waals surface area contributed by atoms with Crippen molar-refractivity contribution in [3.8, 4) is 0 Å². The summed E-state index contributed by atoms with van der Waals surface area (Å²) in [6.07, 6.45) is 1.10. The Kier molecular flexibility index (Phi) is 5.55. The molecule has 2 N–H and O–H groups in total. The number of halogens is 2.